The van der Waals surface area contributed by atoms with Gasteiger partial charge in [0, 0.05) is 7.11 Å². The van der Waals surface area contributed by atoms with Crippen LogP contribution in [0.3, 0.4) is 0 Å². The highest BCUT2D eigenvalue weighted by Gasteiger charge is 2.17. The lowest BCUT2D eigenvalue weighted by atomic mass is 10.4. The summed E-state index contributed by atoms with van der Waals surface area (Å²) in [6.45, 7) is 4.06. The van der Waals surface area contributed by atoms with Crippen molar-refractivity contribution >= 4 is 5.97 Å². The molecule has 0 aliphatic carbocycles. The molecule has 0 heterocycles. The van der Waals surface area contributed by atoms with E-state index in [1.165, 1.54) is 14.2 Å². The zero-order chi connectivity index (χ0) is 9.40. The third-order valence-corrected chi connectivity index (χ3v) is 1.25. The van der Waals surface area contributed by atoms with Crippen molar-refractivity contribution in [2.45, 2.75) is 6.10 Å². The molecule has 0 aromatic heterocycles. The van der Waals surface area contributed by atoms with Gasteiger partial charge in [-0.15, -0.1) is 6.58 Å². The summed E-state index contributed by atoms with van der Waals surface area (Å²) >= 11 is 0. The molecule has 0 spiro atoms. The highest BCUT2D eigenvalue weighted by molar-refractivity contribution is 5.74. The summed E-state index contributed by atoms with van der Waals surface area (Å²) in [4.78, 5) is 10.9. The maximum Gasteiger partial charge on any atom is 0.337 e. The van der Waals surface area contributed by atoms with Crippen LogP contribution in [0.5, 0.6) is 0 Å². The standard InChI is InChI=1S/C8H14O4/c1-4-5-12-6-7(10-2)8(9)11-3/h4,7H,1,5-6H2,2-3H3. The van der Waals surface area contributed by atoms with Crippen LogP contribution >= 0.6 is 0 Å². The van der Waals surface area contributed by atoms with Crippen LogP contribution in [0.1, 0.15) is 0 Å². The topological polar surface area (TPSA) is 44.8 Å². The van der Waals surface area contributed by atoms with Crippen molar-refractivity contribution in [3.8, 4) is 0 Å². The fraction of sp³-hybridized carbons (Fsp3) is 0.625. The van der Waals surface area contributed by atoms with E-state index in [-0.39, 0.29) is 6.61 Å². The van der Waals surface area contributed by atoms with Gasteiger partial charge in [0.2, 0.25) is 0 Å². The predicted molar refractivity (Wildman–Crippen MR) is 43.8 cm³/mol. The van der Waals surface area contributed by atoms with E-state index in [9.17, 15) is 4.79 Å². The zero-order valence-corrected chi connectivity index (χ0v) is 7.41. The van der Waals surface area contributed by atoms with Gasteiger partial charge in [-0.05, 0) is 0 Å². The molecule has 0 fully saturated rings. The number of methoxy groups -OCH3 is 2. The molecule has 0 aromatic rings. The fourth-order valence-corrected chi connectivity index (χ4v) is 0.622. The molecule has 0 radical (unpaired) electrons. The Kier molecular flexibility index (Phi) is 6.32. The Morgan fingerprint density at radius 2 is 2.25 bits per heavy atom. The highest BCUT2D eigenvalue weighted by atomic mass is 16.6. The Morgan fingerprint density at radius 3 is 2.67 bits per heavy atom. The minimum absolute atomic E-state index is 0.190. The van der Waals surface area contributed by atoms with Crippen LogP contribution in [-0.4, -0.2) is 39.5 Å². The third kappa shape index (κ3) is 4.10. The smallest absolute Gasteiger partial charge is 0.337 e. The SMILES string of the molecule is C=CCOCC(OC)C(=O)OC. The minimum atomic E-state index is -0.644. The molecule has 0 aromatic carbocycles. The van der Waals surface area contributed by atoms with E-state index >= 15 is 0 Å². The third-order valence-electron chi connectivity index (χ3n) is 1.25. The van der Waals surface area contributed by atoms with Crippen LogP contribution in [0.15, 0.2) is 12.7 Å². The van der Waals surface area contributed by atoms with Crippen molar-refractivity contribution in [3.05, 3.63) is 12.7 Å². The summed E-state index contributed by atoms with van der Waals surface area (Å²) < 4.78 is 14.3. The molecular formula is C8H14O4. The Labute approximate surface area is 72.1 Å². The largest absolute Gasteiger partial charge is 0.467 e. The monoisotopic (exact) mass is 174 g/mol. The molecule has 0 aliphatic rings. The summed E-state index contributed by atoms with van der Waals surface area (Å²) in [6.07, 6.45) is 0.958. The highest BCUT2D eigenvalue weighted by Crippen LogP contribution is 1.94. The lowest BCUT2D eigenvalue weighted by molar-refractivity contribution is -0.155. The summed E-state index contributed by atoms with van der Waals surface area (Å²) in [5, 5.41) is 0. The number of esters is 1. The van der Waals surface area contributed by atoms with Gasteiger partial charge in [-0.1, -0.05) is 6.08 Å². The van der Waals surface area contributed by atoms with Gasteiger partial charge in [-0.2, -0.15) is 0 Å². The van der Waals surface area contributed by atoms with E-state index in [1.54, 1.807) is 6.08 Å². The molecule has 70 valence electrons. The van der Waals surface area contributed by atoms with Crippen LogP contribution in [0, 0.1) is 0 Å². The minimum Gasteiger partial charge on any atom is -0.467 e. The molecule has 0 bridgehead atoms. The number of hydrogen-bond donors (Lipinski definition) is 0. The molecule has 0 amide bonds. The molecule has 0 N–H and O–H groups in total. The normalized spacial score (nSPS) is 12.2. The van der Waals surface area contributed by atoms with E-state index < -0.39 is 12.1 Å². The maximum atomic E-state index is 10.9. The van der Waals surface area contributed by atoms with Crippen molar-refractivity contribution in [2.75, 3.05) is 27.4 Å². The van der Waals surface area contributed by atoms with E-state index in [2.05, 4.69) is 11.3 Å². The molecule has 1 unspecified atom stereocenters. The van der Waals surface area contributed by atoms with Gasteiger partial charge in [-0.3, -0.25) is 0 Å². The molecule has 0 rings (SSSR count). The summed E-state index contributed by atoms with van der Waals surface area (Å²) in [7, 11) is 2.74. The molecule has 4 heteroatoms. The summed E-state index contributed by atoms with van der Waals surface area (Å²) in [5.41, 5.74) is 0. The van der Waals surface area contributed by atoms with Gasteiger partial charge >= 0.3 is 5.97 Å². The second-order valence-corrected chi connectivity index (χ2v) is 2.07. The van der Waals surface area contributed by atoms with E-state index in [1.807, 2.05) is 0 Å². The second kappa shape index (κ2) is 6.82. The quantitative estimate of drug-likeness (QED) is 0.331. The van der Waals surface area contributed by atoms with Gasteiger partial charge in [0.1, 0.15) is 0 Å². The second-order valence-electron chi connectivity index (χ2n) is 2.07. The molecule has 0 saturated carbocycles. The summed E-state index contributed by atoms with van der Waals surface area (Å²) in [6, 6.07) is 0. The van der Waals surface area contributed by atoms with Gasteiger partial charge in [-0.25, -0.2) is 4.79 Å². The predicted octanol–water partition coefficient (Wildman–Crippen LogP) is 0.377. The number of ether oxygens (including phenoxy) is 3. The van der Waals surface area contributed by atoms with Crippen molar-refractivity contribution in [1.82, 2.24) is 0 Å². The molecule has 0 saturated heterocycles. The van der Waals surface area contributed by atoms with E-state index in [0.29, 0.717) is 6.61 Å². The zero-order valence-electron chi connectivity index (χ0n) is 7.41. The lowest BCUT2D eigenvalue weighted by Crippen LogP contribution is -2.29. The average molecular weight is 174 g/mol. The van der Waals surface area contributed by atoms with Crippen molar-refractivity contribution < 1.29 is 19.0 Å². The first-order chi connectivity index (χ1) is 5.76. The van der Waals surface area contributed by atoms with E-state index in [0.717, 1.165) is 0 Å². The maximum absolute atomic E-state index is 10.9. The Morgan fingerprint density at radius 1 is 1.58 bits per heavy atom. The van der Waals surface area contributed by atoms with Gasteiger partial charge in [0.25, 0.3) is 0 Å². The van der Waals surface area contributed by atoms with Crippen LogP contribution in [0.4, 0.5) is 0 Å². The first-order valence-electron chi connectivity index (χ1n) is 3.55. The van der Waals surface area contributed by atoms with Gasteiger partial charge in [0.15, 0.2) is 6.10 Å². The first-order valence-corrected chi connectivity index (χ1v) is 3.55. The van der Waals surface area contributed by atoms with E-state index in [4.69, 9.17) is 9.47 Å². The first kappa shape index (κ1) is 11.1. The van der Waals surface area contributed by atoms with Gasteiger partial charge < -0.3 is 14.2 Å². The number of carbonyl (C=O) groups is 1. The van der Waals surface area contributed by atoms with Crippen molar-refractivity contribution in [1.29, 1.82) is 0 Å². The molecule has 0 aliphatic heterocycles. The fourth-order valence-electron chi connectivity index (χ4n) is 0.622. The van der Waals surface area contributed by atoms with Crippen LogP contribution in [0.2, 0.25) is 0 Å². The molecule has 1 atom stereocenters. The number of rotatable bonds is 6. The van der Waals surface area contributed by atoms with Crippen LogP contribution < -0.4 is 0 Å². The number of hydrogen-bond acceptors (Lipinski definition) is 4. The number of carbonyl (C=O) groups excluding carboxylic acids is 1. The molecule has 4 nitrogen and oxygen atoms in total. The van der Waals surface area contributed by atoms with Crippen LogP contribution in [-0.2, 0) is 19.0 Å². The lowest BCUT2D eigenvalue weighted by Gasteiger charge is -2.11. The Bertz CT molecular complexity index is 144. The Balaban J connectivity index is 3.66. The molecular weight excluding hydrogens is 160 g/mol. The Hall–Kier alpha value is -0.870. The van der Waals surface area contributed by atoms with Gasteiger partial charge in [0.05, 0.1) is 20.3 Å². The van der Waals surface area contributed by atoms with Crippen molar-refractivity contribution in [2.24, 2.45) is 0 Å². The average Bonchev–Trinajstić information content (AvgIpc) is 2.11. The van der Waals surface area contributed by atoms with Crippen molar-refractivity contribution in [3.63, 3.8) is 0 Å². The molecule has 12 heavy (non-hydrogen) atoms. The summed E-state index contributed by atoms with van der Waals surface area (Å²) in [5.74, 6) is -0.429. The van der Waals surface area contributed by atoms with Crippen LogP contribution in [0.25, 0.3) is 0 Å².